The Kier molecular flexibility index (Phi) is 3.93. The Balaban J connectivity index is 2.07. The smallest absolute Gasteiger partial charge is 0.335 e. The molecule has 1 heterocycles. The fourth-order valence-electron chi connectivity index (χ4n) is 1.24. The van der Waals surface area contributed by atoms with Gasteiger partial charge in [0, 0.05) is 11.5 Å². The number of benzene rings is 1. The Morgan fingerprint density at radius 1 is 1.32 bits per heavy atom. The number of anilines is 2. The fourth-order valence-corrected chi connectivity index (χ4v) is 1.88. The Hall–Kier alpha value is -2.19. The summed E-state index contributed by atoms with van der Waals surface area (Å²) >= 11 is 6.90. The molecule has 0 unspecified atom stereocenters. The highest BCUT2D eigenvalue weighted by atomic mass is 35.5. The lowest BCUT2D eigenvalue weighted by Gasteiger charge is -2.07. The van der Waals surface area contributed by atoms with E-state index in [0.29, 0.717) is 10.7 Å². The zero-order chi connectivity index (χ0) is 13.8. The number of carbonyl (C=O) groups is 2. The predicted octanol–water partition coefficient (Wildman–Crippen LogP) is 2.53. The Bertz CT molecular complexity index is 617. The van der Waals surface area contributed by atoms with Gasteiger partial charge < -0.3 is 10.4 Å². The maximum absolute atomic E-state index is 11.6. The molecular weight excluding hydrogens is 292 g/mol. The van der Waals surface area contributed by atoms with Gasteiger partial charge in [-0.25, -0.2) is 9.59 Å². The molecule has 0 fully saturated rings. The van der Waals surface area contributed by atoms with E-state index in [1.54, 1.807) is 0 Å². The molecule has 0 aliphatic carbocycles. The molecule has 0 bridgehead atoms. The van der Waals surface area contributed by atoms with Gasteiger partial charge in [0.05, 0.1) is 22.5 Å². The second kappa shape index (κ2) is 5.63. The minimum atomic E-state index is -1.09. The van der Waals surface area contributed by atoms with Crippen LogP contribution in [0.15, 0.2) is 24.4 Å². The summed E-state index contributed by atoms with van der Waals surface area (Å²) in [6.07, 6.45) is 1.40. The van der Waals surface area contributed by atoms with E-state index in [1.165, 1.54) is 24.4 Å². The van der Waals surface area contributed by atoms with Crippen LogP contribution in [0.4, 0.5) is 15.5 Å². The number of nitrogens with zero attached hydrogens (tertiary/aromatic N) is 2. The average Bonchev–Trinajstić information content (AvgIpc) is 2.84. The number of rotatable bonds is 3. The highest BCUT2D eigenvalue weighted by Crippen LogP contribution is 2.23. The molecule has 7 nitrogen and oxygen atoms in total. The third-order valence-electron chi connectivity index (χ3n) is 2.06. The van der Waals surface area contributed by atoms with Gasteiger partial charge in [0.2, 0.25) is 0 Å². The normalized spacial score (nSPS) is 9.95. The van der Waals surface area contributed by atoms with Crippen LogP contribution in [-0.4, -0.2) is 26.7 Å². The molecule has 0 saturated carbocycles. The highest BCUT2D eigenvalue weighted by Gasteiger charge is 2.10. The van der Waals surface area contributed by atoms with E-state index in [9.17, 15) is 9.59 Å². The van der Waals surface area contributed by atoms with Crippen molar-refractivity contribution in [3.8, 4) is 0 Å². The molecule has 1 aromatic carbocycles. The molecule has 3 N–H and O–H groups in total. The van der Waals surface area contributed by atoms with Crippen LogP contribution in [-0.2, 0) is 0 Å². The number of aromatic carboxylic acids is 1. The van der Waals surface area contributed by atoms with Gasteiger partial charge in [-0.05, 0) is 18.2 Å². The lowest BCUT2D eigenvalue weighted by molar-refractivity contribution is 0.0697. The van der Waals surface area contributed by atoms with Gasteiger partial charge in [0.25, 0.3) is 0 Å². The number of carbonyl (C=O) groups excluding carboxylic acids is 1. The standard InChI is InChI=1S/C10H7ClN4O3S/c11-6-3-5(9(16)17)1-2-7(6)13-10(18)14-8-4-12-15-19-8/h1-4H,(H,16,17)(H2,13,14,18). The quantitative estimate of drug-likeness (QED) is 0.807. The maximum atomic E-state index is 11.6. The van der Waals surface area contributed by atoms with E-state index >= 15 is 0 Å². The van der Waals surface area contributed by atoms with Crippen molar-refractivity contribution in [2.24, 2.45) is 0 Å². The topological polar surface area (TPSA) is 104 Å². The summed E-state index contributed by atoms with van der Waals surface area (Å²) in [6.45, 7) is 0. The largest absolute Gasteiger partial charge is 0.478 e. The monoisotopic (exact) mass is 298 g/mol. The molecule has 19 heavy (non-hydrogen) atoms. The van der Waals surface area contributed by atoms with Crippen molar-refractivity contribution in [1.29, 1.82) is 0 Å². The molecule has 2 rings (SSSR count). The number of amides is 2. The van der Waals surface area contributed by atoms with Crippen molar-refractivity contribution in [3.63, 3.8) is 0 Å². The fraction of sp³-hybridized carbons (Fsp3) is 0. The molecule has 0 saturated heterocycles. The molecule has 98 valence electrons. The molecule has 0 aliphatic rings. The van der Waals surface area contributed by atoms with Crippen LogP contribution in [0.5, 0.6) is 0 Å². The SMILES string of the molecule is O=C(Nc1cnns1)Nc1ccc(C(=O)O)cc1Cl. The molecule has 0 spiro atoms. The van der Waals surface area contributed by atoms with Crippen LogP contribution in [0, 0.1) is 0 Å². The Morgan fingerprint density at radius 2 is 2.11 bits per heavy atom. The number of hydrogen-bond acceptors (Lipinski definition) is 5. The van der Waals surface area contributed by atoms with Crippen molar-refractivity contribution in [2.45, 2.75) is 0 Å². The van der Waals surface area contributed by atoms with Crippen molar-refractivity contribution in [3.05, 3.63) is 35.0 Å². The van der Waals surface area contributed by atoms with Crippen LogP contribution in [0.25, 0.3) is 0 Å². The first kappa shape index (κ1) is 13.2. The number of carboxylic acid groups (broad SMARTS) is 1. The van der Waals surface area contributed by atoms with Gasteiger partial charge in [-0.1, -0.05) is 16.1 Å². The number of nitrogens with one attached hydrogen (secondary N) is 2. The highest BCUT2D eigenvalue weighted by molar-refractivity contribution is 7.10. The molecule has 2 aromatic rings. The van der Waals surface area contributed by atoms with Gasteiger partial charge in [-0.3, -0.25) is 5.32 Å². The van der Waals surface area contributed by atoms with Crippen LogP contribution < -0.4 is 10.6 Å². The van der Waals surface area contributed by atoms with E-state index in [4.69, 9.17) is 16.7 Å². The van der Waals surface area contributed by atoms with Gasteiger partial charge in [-0.15, -0.1) is 5.10 Å². The van der Waals surface area contributed by atoms with Crippen molar-refractivity contribution in [1.82, 2.24) is 9.59 Å². The number of halogens is 1. The second-order valence-electron chi connectivity index (χ2n) is 3.36. The Labute approximate surface area is 116 Å². The van der Waals surface area contributed by atoms with Crippen molar-refractivity contribution >= 4 is 45.8 Å². The third-order valence-corrected chi connectivity index (χ3v) is 2.96. The number of hydrogen-bond donors (Lipinski definition) is 3. The van der Waals surface area contributed by atoms with Crippen LogP contribution in [0.1, 0.15) is 10.4 Å². The van der Waals surface area contributed by atoms with E-state index < -0.39 is 12.0 Å². The summed E-state index contributed by atoms with van der Waals surface area (Å²) in [7, 11) is 0. The zero-order valence-corrected chi connectivity index (χ0v) is 10.8. The molecule has 1 aromatic heterocycles. The van der Waals surface area contributed by atoms with E-state index in [-0.39, 0.29) is 10.6 Å². The predicted molar refractivity (Wildman–Crippen MR) is 71.0 cm³/mol. The summed E-state index contributed by atoms with van der Waals surface area (Å²) in [4.78, 5) is 22.3. The molecular formula is C10H7ClN4O3S. The van der Waals surface area contributed by atoms with E-state index in [0.717, 1.165) is 11.5 Å². The molecule has 2 amide bonds. The Morgan fingerprint density at radius 3 is 2.68 bits per heavy atom. The minimum Gasteiger partial charge on any atom is -0.478 e. The summed E-state index contributed by atoms with van der Waals surface area (Å²) in [6, 6.07) is 3.50. The summed E-state index contributed by atoms with van der Waals surface area (Å²) in [5.41, 5.74) is 0.351. The lowest BCUT2D eigenvalue weighted by Crippen LogP contribution is -2.19. The maximum Gasteiger partial charge on any atom is 0.335 e. The van der Waals surface area contributed by atoms with Gasteiger partial charge in [0.15, 0.2) is 0 Å². The number of carboxylic acids is 1. The van der Waals surface area contributed by atoms with Gasteiger partial charge in [-0.2, -0.15) is 0 Å². The summed E-state index contributed by atoms with van der Waals surface area (Å²) in [5, 5.41) is 18.0. The molecule has 0 radical (unpaired) electrons. The third kappa shape index (κ3) is 3.39. The molecule has 0 atom stereocenters. The molecule has 0 aliphatic heterocycles. The average molecular weight is 299 g/mol. The van der Waals surface area contributed by atoms with E-state index in [1.807, 2.05) is 0 Å². The zero-order valence-electron chi connectivity index (χ0n) is 9.25. The first-order valence-corrected chi connectivity index (χ1v) is 6.09. The molecule has 9 heteroatoms. The van der Waals surface area contributed by atoms with Crippen LogP contribution in [0.2, 0.25) is 5.02 Å². The first-order valence-electron chi connectivity index (χ1n) is 4.94. The van der Waals surface area contributed by atoms with Crippen molar-refractivity contribution < 1.29 is 14.7 Å². The second-order valence-corrected chi connectivity index (χ2v) is 4.55. The van der Waals surface area contributed by atoms with Gasteiger partial charge >= 0.3 is 12.0 Å². The number of urea groups is 1. The van der Waals surface area contributed by atoms with Crippen LogP contribution in [0.3, 0.4) is 0 Å². The summed E-state index contributed by atoms with van der Waals surface area (Å²) < 4.78 is 3.59. The lowest BCUT2D eigenvalue weighted by atomic mass is 10.2. The number of aromatic nitrogens is 2. The first-order chi connectivity index (χ1) is 9.06. The van der Waals surface area contributed by atoms with Crippen molar-refractivity contribution in [2.75, 3.05) is 10.6 Å². The van der Waals surface area contributed by atoms with Gasteiger partial charge in [0.1, 0.15) is 5.00 Å². The minimum absolute atomic E-state index is 0.0441. The van der Waals surface area contributed by atoms with Crippen LogP contribution >= 0.6 is 23.1 Å². The van der Waals surface area contributed by atoms with E-state index in [2.05, 4.69) is 20.2 Å². The summed E-state index contributed by atoms with van der Waals surface area (Å²) in [5.74, 6) is -1.09.